The molecule has 3 nitrogen and oxygen atoms in total. The van der Waals surface area contributed by atoms with E-state index in [0.29, 0.717) is 6.04 Å². The van der Waals surface area contributed by atoms with E-state index in [1.54, 1.807) is 11.3 Å². The van der Waals surface area contributed by atoms with Crippen molar-refractivity contribution in [1.82, 2.24) is 9.88 Å². The molecule has 3 rings (SSSR count). The van der Waals surface area contributed by atoms with Gasteiger partial charge in [-0.15, -0.1) is 17.8 Å². The fraction of sp³-hybridized carbons (Fsp3) is 0.438. The average molecular weight is 285 g/mol. The molecule has 0 atom stereocenters. The number of terminal acetylenes is 1. The van der Waals surface area contributed by atoms with E-state index in [1.165, 1.54) is 10.4 Å². The number of aryl methyl sites for hydroxylation is 1. The molecule has 20 heavy (non-hydrogen) atoms. The fourth-order valence-corrected chi connectivity index (χ4v) is 3.60. The molecule has 4 heteroatoms. The highest BCUT2D eigenvalue weighted by molar-refractivity contribution is 7.18. The summed E-state index contributed by atoms with van der Waals surface area (Å²) < 4.78 is 1.26. The Bertz CT molecular complexity index is 633. The second-order valence-electron chi connectivity index (χ2n) is 5.31. The van der Waals surface area contributed by atoms with Gasteiger partial charge in [-0.05, 0) is 38.0 Å². The highest BCUT2D eigenvalue weighted by Gasteiger charge is 2.18. The zero-order chi connectivity index (χ0) is 13.9. The Hall–Kier alpha value is -1.57. The van der Waals surface area contributed by atoms with Crippen LogP contribution < -0.4 is 5.32 Å². The minimum atomic E-state index is 0.551. The van der Waals surface area contributed by atoms with Gasteiger partial charge in [0.2, 0.25) is 0 Å². The summed E-state index contributed by atoms with van der Waals surface area (Å²) in [5.74, 6) is 2.72. The Morgan fingerprint density at radius 3 is 3.00 bits per heavy atom. The zero-order valence-electron chi connectivity index (χ0n) is 11.7. The summed E-state index contributed by atoms with van der Waals surface area (Å²) in [7, 11) is 0. The Morgan fingerprint density at radius 1 is 1.45 bits per heavy atom. The molecule has 1 N–H and O–H groups in total. The van der Waals surface area contributed by atoms with Crippen molar-refractivity contribution >= 4 is 27.2 Å². The summed E-state index contributed by atoms with van der Waals surface area (Å²) >= 11 is 1.75. The van der Waals surface area contributed by atoms with E-state index < -0.39 is 0 Å². The third-order valence-corrected chi connectivity index (χ3v) is 4.70. The van der Waals surface area contributed by atoms with Crippen LogP contribution in [-0.2, 0) is 0 Å². The average Bonchev–Trinajstić information content (AvgIpc) is 2.81. The van der Waals surface area contributed by atoms with Gasteiger partial charge in [-0.25, -0.2) is 4.98 Å². The first-order chi connectivity index (χ1) is 9.74. The maximum Gasteiger partial charge on any atom is 0.0907 e. The Morgan fingerprint density at radius 2 is 2.25 bits per heavy atom. The molecular weight excluding hydrogens is 266 g/mol. The number of rotatable bonds is 3. The normalized spacial score (nSPS) is 17.2. The van der Waals surface area contributed by atoms with Gasteiger partial charge < -0.3 is 5.32 Å². The van der Waals surface area contributed by atoms with Crippen LogP contribution in [0.25, 0.3) is 10.2 Å². The van der Waals surface area contributed by atoms with Crippen LogP contribution in [0.5, 0.6) is 0 Å². The molecular formula is C16H19N3S. The molecule has 1 aromatic heterocycles. The number of benzene rings is 1. The Kier molecular flexibility index (Phi) is 3.90. The molecule has 0 bridgehead atoms. The highest BCUT2D eigenvalue weighted by Crippen LogP contribution is 2.26. The van der Waals surface area contributed by atoms with Crippen LogP contribution >= 0.6 is 11.3 Å². The lowest BCUT2D eigenvalue weighted by molar-refractivity contribution is 0.243. The van der Waals surface area contributed by atoms with E-state index in [0.717, 1.165) is 43.0 Å². The van der Waals surface area contributed by atoms with Gasteiger partial charge in [0.1, 0.15) is 0 Å². The predicted molar refractivity (Wildman–Crippen MR) is 86.3 cm³/mol. The monoisotopic (exact) mass is 285 g/mol. The van der Waals surface area contributed by atoms with Gasteiger partial charge in [-0.1, -0.05) is 5.92 Å². The van der Waals surface area contributed by atoms with Crippen LogP contribution in [0.1, 0.15) is 17.8 Å². The molecule has 0 aliphatic carbocycles. The van der Waals surface area contributed by atoms with Crippen molar-refractivity contribution in [2.24, 2.45) is 0 Å². The highest BCUT2D eigenvalue weighted by atomic mass is 32.1. The Labute approximate surface area is 124 Å². The molecule has 1 aliphatic rings. The van der Waals surface area contributed by atoms with Crippen molar-refractivity contribution in [3.63, 3.8) is 0 Å². The number of thiazole rings is 1. The van der Waals surface area contributed by atoms with E-state index in [2.05, 4.69) is 46.2 Å². The number of anilines is 1. The van der Waals surface area contributed by atoms with Crippen LogP contribution in [0, 0.1) is 19.3 Å². The van der Waals surface area contributed by atoms with Crippen molar-refractivity contribution < 1.29 is 0 Å². The molecule has 1 aliphatic heterocycles. The molecule has 0 saturated carbocycles. The number of hydrogen-bond donors (Lipinski definition) is 1. The molecule has 1 aromatic carbocycles. The van der Waals surface area contributed by atoms with E-state index >= 15 is 0 Å². The second-order valence-corrected chi connectivity index (χ2v) is 6.55. The second kappa shape index (κ2) is 5.82. The fourth-order valence-electron chi connectivity index (χ4n) is 2.73. The number of nitrogens with one attached hydrogen (secondary N) is 1. The topological polar surface area (TPSA) is 28.2 Å². The van der Waals surface area contributed by atoms with Crippen LogP contribution in [-0.4, -0.2) is 35.6 Å². The number of likely N-dealkylation sites (tertiary alicyclic amines) is 1. The molecule has 2 heterocycles. The molecule has 1 fully saturated rings. The third-order valence-electron chi connectivity index (χ3n) is 3.77. The molecule has 0 radical (unpaired) electrons. The first-order valence-corrected chi connectivity index (χ1v) is 7.86. The Balaban J connectivity index is 1.64. The zero-order valence-corrected chi connectivity index (χ0v) is 12.5. The van der Waals surface area contributed by atoms with E-state index in [9.17, 15) is 0 Å². The smallest absolute Gasteiger partial charge is 0.0907 e. The van der Waals surface area contributed by atoms with E-state index in [4.69, 9.17) is 6.42 Å². The van der Waals surface area contributed by atoms with E-state index in [-0.39, 0.29) is 0 Å². The largest absolute Gasteiger partial charge is 0.382 e. The first kappa shape index (κ1) is 13.4. The first-order valence-electron chi connectivity index (χ1n) is 7.04. The van der Waals surface area contributed by atoms with Crippen LogP contribution in [0.4, 0.5) is 5.69 Å². The van der Waals surface area contributed by atoms with Crippen molar-refractivity contribution in [3.05, 3.63) is 23.2 Å². The van der Waals surface area contributed by atoms with E-state index in [1.807, 2.05) is 0 Å². The molecule has 0 unspecified atom stereocenters. The minimum absolute atomic E-state index is 0.551. The van der Waals surface area contributed by atoms with Gasteiger partial charge in [-0.2, -0.15) is 0 Å². The molecule has 0 spiro atoms. The van der Waals surface area contributed by atoms with Crippen molar-refractivity contribution in [1.29, 1.82) is 0 Å². The number of fused-ring (bicyclic) bond motifs is 1. The van der Waals surface area contributed by atoms with Crippen molar-refractivity contribution in [2.45, 2.75) is 25.8 Å². The summed E-state index contributed by atoms with van der Waals surface area (Å²) in [4.78, 5) is 6.84. The number of aromatic nitrogens is 1. The van der Waals surface area contributed by atoms with Gasteiger partial charge >= 0.3 is 0 Å². The molecule has 2 aromatic rings. The third kappa shape index (κ3) is 2.95. The van der Waals surface area contributed by atoms with Gasteiger partial charge in [0.05, 0.1) is 21.8 Å². The standard InChI is InChI=1S/C16H19N3S/c1-3-8-19-9-6-13(7-10-19)18-14-4-5-15-16(11-14)20-12(2)17-15/h1,4-5,11,13,18H,6-10H2,2H3. The lowest BCUT2D eigenvalue weighted by Gasteiger charge is -2.31. The van der Waals surface area contributed by atoms with Crippen molar-refractivity contribution in [2.75, 3.05) is 25.0 Å². The lowest BCUT2D eigenvalue weighted by atomic mass is 10.0. The number of hydrogen-bond acceptors (Lipinski definition) is 4. The summed E-state index contributed by atoms with van der Waals surface area (Å²) in [6.45, 7) is 5.01. The van der Waals surface area contributed by atoms with Gasteiger partial charge in [0.25, 0.3) is 0 Å². The predicted octanol–water partition coefficient (Wildman–Crippen LogP) is 3.11. The molecule has 0 amide bonds. The SMILES string of the molecule is C#CCN1CCC(Nc2ccc3nc(C)sc3c2)CC1. The van der Waals surface area contributed by atoms with Gasteiger partial charge in [-0.3, -0.25) is 4.90 Å². The van der Waals surface area contributed by atoms with Crippen molar-refractivity contribution in [3.8, 4) is 12.3 Å². The van der Waals surface area contributed by atoms with Gasteiger partial charge in [0, 0.05) is 24.8 Å². The molecule has 104 valence electrons. The molecule has 1 saturated heterocycles. The maximum absolute atomic E-state index is 5.36. The lowest BCUT2D eigenvalue weighted by Crippen LogP contribution is -2.39. The summed E-state index contributed by atoms with van der Waals surface area (Å²) in [6, 6.07) is 7.01. The van der Waals surface area contributed by atoms with Crippen LogP contribution in [0.15, 0.2) is 18.2 Å². The maximum atomic E-state index is 5.36. The quantitative estimate of drug-likeness (QED) is 0.878. The summed E-state index contributed by atoms with van der Waals surface area (Å²) in [5, 5.41) is 4.77. The number of piperidine rings is 1. The summed E-state index contributed by atoms with van der Waals surface area (Å²) in [6.07, 6.45) is 7.67. The minimum Gasteiger partial charge on any atom is -0.382 e. The summed E-state index contributed by atoms with van der Waals surface area (Å²) in [5.41, 5.74) is 2.30. The van der Waals surface area contributed by atoms with Crippen LogP contribution in [0.2, 0.25) is 0 Å². The van der Waals surface area contributed by atoms with Crippen LogP contribution in [0.3, 0.4) is 0 Å². The number of nitrogens with zero attached hydrogens (tertiary/aromatic N) is 2. The van der Waals surface area contributed by atoms with Gasteiger partial charge in [0.15, 0.2) is 0 Å².